The van der Waals surface area contributed by atoms with Crippen molar-refractivity contribution in [1.82, 2.24) is 0 Å². The molecule has 22 heavy (non-hydrogen) atoms. The number of benzene rings is 1. The SMILES string of the molecule is Cc1ccc(S(=O)(=O)Nc2cc(N3CCCC3)ccc2C)s1. The largest absolute Gasteiger partial charge is 0.371 e. The number of rotatable bonds is 4. The highest BCUT2D eigenvalue weighted by molar-refractivity contribution is 7.94. The number of nitrogens with zero attached hydrogens (tertiary/aromatic N) is 1. The van der Waals surface area contributed by atoms with Crippen LogP contribution in [-0.4, -0.2) is 21.5 Å². The summed E-state index contributed by atoms with van der Waals surface area (Å²) in [6.07, 6.45) is 2.40. The van der Waals surface area contributed by atoms with E-state index in [1.807, 2.05) is 32.0 Å². The van der Waals surface area contributed by atoms with Crippen molar-refractivity contribution in [2.45, 2.75) is 30.9 Å². The lowest BCUT2D eigenvalue weighted by atomic mass is 10.2. The molecule has 6 heteroatoms. The average Bonchev–Trinajstić information content (AvgIpc) is 3.12. The average molecular weight is 336 g/mol. The first kappa shape index (κ1) is 15.4. The van der Waals surface area contributed by atoms with Crippen molar-refractivity contribution in [3.05, 3.63) is 40.8 Å². The van der Waals surface area contributed by atoms with Crippen molar-refractivity contribution < 1.29 is 8.42 Å². The second-order valence-corrected chi connectivity index (χ2v) is 8.86. The number of thiophene rings is 1. The van der Waals surface area contributed by atoms with Crippen LogP contribution in [0.1, 0.15) is 23.3 Å². The van der Waals surface area contributed by atoms with Crippen LogP contribution in [-0.2, 0) is 10.0 Å². The smallest absolute Gasteiger partial charge is 0.271 e. The van der Waals surface area contributed by atoms with Gasteiger partial charge in [0.15, 0.2) is 0 Å². The molecule has 2 heterocycles. The first-order valence-electron chi connectivity index (χ1n) is 7.40. The molecule has 1 fully saturated rings. The van der Waals surface area contributed by atoms with E-state index in [-0.39, 0.29) is 0 Å². The Morgan fingerprint density at radius 3 is 2.45 bits per heavy atom. The van der Waals surface area contributed by atoms with E-state index in [0.717, 1.165) is 29.2 Å². The minimum atomic E-state index is -3.51. The van der Waals surface area contributed by atoms with E-state index in [1.165, 1.54) is 24.2 Å². The van der Waals surface area contributed by atoms with Gasteiger partial charge in [-0.15, -0.1) is 11.3 Å². The molecule has 1 saturated heterocycles. The van der Waals surface area contributed by atoms with Gasteiger partial charge in [0.25, 0.3) is 10.0 Å². The van der Waals surface area contributed by atoms with Crippen LogP contribution in [0.2, 0.25) is 0 Å². The molecule has 1 aliphatic heterocycles. The minimum Gasteiger partial charge on any atom is -0.371 e. The molecule has 0 aliphatic carbocycles. The zero-order valence-electron chi connectivity index (χ0n) is 12.8. The number of hydrogen-bond acceptors (Lipinski definition) is 4. The molecule has 1 aromatic heterocycles. The third-order valence-corrected chi connectivity index (χ3v) is 6.78. The van der Waals surface area contributed by atoms with Gasteiger partial charge in [0.1, 0.15) is 4.21 Å². The molecule has 2 aromatic rings. The third-order valence-electron chi connectivity index (χ3n) is 3.92. The number of sulfonamides is 1. The molecule has 4 nitrogen and oxygen atoms in total. The van der Waals surface area contributed by atoms with Crippen LogP contribution >= 0.6 is 11.3 Å². The predicted octanol–water partition coefficient (Wildman–Crippen LogP) is 3.77. The molecule has 0 unspecified atom stereocenters. The lowest BCUT2D eigenvalue weighted by molar-refractivity contribution is 0.603. The Morgan fingerprint density at radius 2 is 1.82 bits per heavy atom. The van der Waals surface area contributed by atoms with E-state index in [0.29, 0.717) is 9.90 Å². The number of anilines is 2. The van der Waals surface area contributed by atoms with Gasteiger partial charge in [0.2, 0.25) is 0 Å². The second-order valence-electron chi connectivity index (χ2n) is 5.66. The Balaban J connectivity index is 1.89. The van der Waals surface area contributed by atoms with Gasteiger partial charge in [-0.25, -0.2) is 8.42 Å². The Hall–Kier alpha value is -1.53. The highest BCUT2D eigenvalue weighted by Gasteiger charge is 2.19. The van der Waals surface area contributed by atoms with Gasteiger partial charge < -0.3 is 4.90 Å². The molecule has 3 rings (SSSR count). The quantitative estimate of drug-likeness (QED) is 0.925. The first-order valence-corrected chi connectivity index (χ1v) is 9.70. The third kappa shape index (κ3) is 3.13. The summed E-state index contributed by atoms with van der Waals surface area (Å²) < 4.78 is 28.1. The number of hydrogen-bond donors (Lipinski definition) is 1. The van der Waals surface area contributed by atoms with Crippen molar-refractivity contribution in [1.29, 1.82) is 0 Å². The van der Waals surface area contributed by atoms with E-state index >= 15 is 0 Å². The molecule has 1 N–H and O–H groups in total. The fourth-order valence-electron chi connectivity index (χ4n) is 2.64. The summed E-state index contributed by atoms with van der Waals surface area (Å²) in [6, 6.07) is 9.46. The van der Waals surface area contributed by atoms with Crippen LogP contribution in [0.4, 0.5) is 11.4 Å². The van der Waals surface area contributed by atoms with E-state index in [1.54, 1.807) is 6.07 Å². The molecule has 0 bridgehead atoms. The molecule has 0 atom stereocenters. The number of aryl methyl sites for hydroxylation is 2. The molecule has 118 valence electrons. The van der Waals surface area contributed by atoms with Gasteiger partial charge in [-0.1, -0.05) is 6.07 Å². The summed E-state index contributed by atoms with van der Waals surface area (Å²) >= 11 is 1.29. The summed E-state index contributed by atoms with van der Waals surface area (Å²) in [5, 5.41) is 0. The van der Waals surface area contributed by atoms with Crippen molar-refractivity contribution in [3.63, 3.8) is 0 Å². The van der Waals surface area contributed by atoms with Gasteiger partial charge in [0.05, 0.1) is 5.69 Å². The van der Waals surface area contributed by atoms with Crippen LogP contribution < -0.4 is 9.62 Å². The fraction of sp³-hybridized carbons (Fsp3) is 0.375. The maximum atomic E-state index is 12.5. The van der Waals surface area contributed by atoms with Crippen LogP contribution in [0, 0.1) is 13.8 Å². The van der Waals surface area contributed by atoms with E-state index in [9.17, 15) is 8.42 Å². The zero-order valence-corrected chi connectivity index (χ0v) is 14.4. The summed E-state index contributed by atoms with van der Waals surface area (Å²) in [6.45, 7) is 5.91. The van der Waals surface area contributed by atoms with Crippen molar-refractivity contribution in [3.8, 4) is 0 Å². The lowest BCUT2D eigenvalue weighted by Gasteiger charge is -2.19. The monoisotopic (exact) mass is 336 g/mol. The van der Waals surface area contributed by atoms with Gasteiger partial charge in [0, 0.05) is 23.7 Å². The minimum absolute atomic E-state index is 0.357. The fourth-order valence-corrected chi connectivity index (χ4v) is 5.05. The van der Waals surface area contributed by atoms with Gasteiger partial charge >= 0.3 is 0 Å². The van der Waals surface area contributed by atoms with Crippen molar-refractivity contribution >= 4 is 32.7 Å². The van der Waals surface area contributed by atoms with E-state index < -0.39 is 10.0 Å². The Bertz CT molecular complexity index is 775. The summed E-state index contributed by atoms with van der Waals surface area (Å²) in [7, 11) is -3.51. The second kappa shape index (κ2) is 5.93. The molecular weight excluding hydrogens is 316 g/mol. The Labute approximate surface area is 135 Å². The molecule has 0 radical (unpaired) electrons. The molecule has 0 spiro atoms. The molecule has 1 aliphatic rings. The van der Waals surface area contributed by atoms with E-state index in [2.05, 4.69) is 15.7 Å². The molecular formula is C16H20N2O2S2. The zero-order chi connectivity index (χ0) is 15.7. The highest BCUT2D eigenvalue weighted by Crippen LogP contribution is 2.29. The van der Waals surface area contributed by atoms with E-state index in [4.69, 9.17) is 0 Å². The molecule has 0 amide bonds. The maximum absolute atomic E-state index is 12.5. The normalized spacial score (nSPS) is 15.3. The van der Waals surface area contributed by atoms with Gasteiger partial charge in [-0.2, -0.15) is 0 Å². The van der Waals surface area contributed by atoms with Gasteiger partial charge in [-0.05, 0) is 56.5 Å². The van der Waals surface area contributed by atoms with Crippen molar-refractivity contribution in [2.24, 2.45) is 0 Å². The lowest BCUT2D eigenvalue weighted by Crippen LogP contribution is -2.18. The summed E-state index contributed by atoms with van der Waals surface area (Å²) in [5.74, 6) is 0. The topological polar surface area (TPSA) is 49.4 Å². The number of nitrogens with one attached hydrogen (secondary N) is 1. The summed E-state index contributed by atoms with van der Waals surface area (Å²) in [5.41, 5.74) is 2.68. The van der Waals surface area contributed by atoms with Gasteiger partial charge in [-0.3, -0.25) is 4.72 Å². The van der Waals surface area contributed by atoms with Crippen LogP contribution in [0.3, 0.4) is 0 Å². The Morgan fingerprint density at radius 1 is 1.09 bits per heavy atom. The molecule has 0 saturated carbocycles. The predicted molar refractivity (Wildman–Crippen MR) is 92.5 cm³/mol. The summed E-state index contributed by atoms with van der Waals surface area (Å²) in [4.78, 5) is 3.29. The molecule has 1 aromatic carbocycles. The van der Waals surface area contributed by atoms with Crippen molar-refractivity contribution in [2.75, 3.05) is 22.7 Å². The Kier molecular flexibility index (Phi) is 4.14. The standard InChI is InChI=1S/C16H20N2O2S2/c1-12-5-7-14(18-9-3-4-10-18)11-15(12)17-22(19,20)16-8-6-13(2)21-16/h5-8,11,17H,3-4,9-10H2,1-2H3. The maximum Gasteiger partial charge on any atom is 0.271 e. The van der Waals surface area contributed by atoms with Crippen LogP contribution in [0.5, 0.6) is 0 Å². The van der Waals surface area contributed by atoms with Crippen LogP contribution in [0.25, 0.3) is 0 Å². The highest BCUT2D eigenvalue weighted by atomic mass is 32.2. The van der Waals surface area contributed by atoms with Crippen LogP contribution in [0.15, 0.2) is 34.5 Å². The first-order chi connectivity index (χ1) is 10.5.